The molecule has 0 amide bonds. The Kier molecular flexibility index (Phi) is 14.1. The van der Waals surface area contributed by atoms with Crippen LogP contribution < -0.4 is 0 Å². The minimum atomic E-state index is 1.03. The molecule has 1 saturated heterocycles. The fourth-order valence-corrected chi connectivity index (χ4v) is 4.77. The van der Waals surface area contributed by atoms with Gasteiger partial charge < -0.3 is 0 Å². The van der Waals surface area contributed by atoms with Gasteiger partial charge in [0, 0.05) is 5.25 Å². The molecule has 0 bridgehead atoms. The quantitative estimate of drug-likeness (QED) is 0.278. The maximum atomic E-state index is 2.30. The van der Waals surface area contributed by atoms with Gasteiger partial charge in [-0.05, 0) is 25.0 Å². The van der Waals surface area contributed by atoms with Crippen molar-refractivity contribution in [3.63, 3.8) is 0 Å². The fourth-order valence-electron chi connectivity index (χ4n) is 3.44. The van der Waals surface area contributed by atoms with E-state index in [2.05, 4.69) is 18.7 Å². The van der Waals surface area contributed by atoms with Crippen LogP contribution in [0, 0.1) is 0 Å². The molecule has 0 aromatic heterocycles. The molecular weight excluding hydrogens is 272 g/mol. The van der Waals surface area contributed by atoms with Crippen molar-refractivity contribution >= 4 is 11.8 Å². The summed E-state index contributed by atoms with van der Waals surface area (Å²) in [5.41, 5.74) is 0. The highest BCUT2D eigenvalue weighted by atomic mass is 32.2. The number of hydrogen-bond donors (Lipinski definition) is 0. The number of unbranched alkanes of at least 4 members (excludes halogenated alkanes) is 13. The molecule has 0 aromatic carbocycles. The molecule has 0 aromatic rings. The van der Waals surface area contributed by atoms with Gasteiger partial charge in [0.15, 0.2) is 0 Å². The van der Waals surface area contributed by atoms with Crippen molar-refractivity contribution in [1.29, 1.82) is 0 Å². The van der Waals surface area contributed by atoms with E-state index in [0.717, 1.165) is 5.25 Å². The van der Waals surface area contributed by atoms with Crippen molar-refractivity contribution in [2.45, 2.75) is 121 Å². The minimum Gasteiger partial charge on any atom is -0.159 e. The van der Waals surface area contributed by atoms with Crippen LogP contribution in [0.3, 0.4) is 0 Å². The van der Waals surface area contributed by atoms with E-state index in [9.17, 15) is 0 Å². The molecule has 0 N–H and O–H groups in total. The summed E-state index contributed by atoms with van der Waals surface area (Å²) in [6.07, 6.45) is 25.2. The first kappa shape index (κ1) is 19.4. The SMILES string of the molecule is CCCCCCCCCCCCCCCCC1CCCS1. The van der Waals surface area contributed by atoms with Crippen molar-refractivity contribution in [1.82, 2.24) is 0 Å². The van der Waals surface area contributed by atoms with Crippen LogP contribution in [0.15, 0.2) is 0 Å². The van der Waals surface area contributed by atoms with Gasteiger partial charge in [-0.25, -0.2) is 0 Å². The van der Waals surface area contributed by atoms with Crippen LogP contribution in [0.1, 0.15) is 116 Å². The van der Waals surface area contributed by atoms with Crippen molar-refractivity contribution in [3.05, 3.63) is 0 Å². The third-order valence-corrected chi connectivity index (χ3v) is 6.37. The van der Waals surface area contributed by atoms with Crippen molar-refractivity contribution < 1.29 is 0 Å². The Hall–Kier alpha value is 0.350. The Morgan fingerprint density at radius 3 is 1.57 bits per heavy atom. The van der Waals surface area contributed by atoms with Gasteiger partial charge in [0.05, 0.1) is 0 Å². The molecule has 0 saturated carbocycles. The van der Waals surface area contributed by atoms with Gasteiger partial charge in [-0.15, -0.1) is 0 Å². The Morgan fingerprint density at radius 2 is 1.14 bits per heavy atom. The average molecular weight is 313 g/mol. The van der Waals surface area contributed by atoms with Gasteiger partial charge in [-0.3, -0.25) is 0 Å². The average Bonchev–Trinajstić information content (AvgIpc) is 3.01. The second-order valence-electron chi connectivity index (χ2n) is 7.02. The van der Waals surface area contributed by atoms with Gasteiger partial charge >= 0.3 is 0 Å². The van der Waals surface area contributed by atoms with E-state index in [4.69, 9.17) is 0 Å². The smallest absolute Gasteiger partial charge is 0.00473 e. The summed E-state index contributed by atoms with van der Waals surface area (Å²) in [6, 6.07) is 0. The maximum absolute atomic E-state index is 2.30. The first-order chi connectivity index (χ1) is 10.4. The molecule has 1 aliphatic rings. The fraction of sp³-hybridized carbons (Fsp3) is 1.00. The van der Waals surface area contributed by atoms with E-state index in [1.165, 1.54) is 115 Å². The van der Waals surface area contributed by atoms with Crippen molar-refractivity contribution in [3.8, 4) is 0 Å². The summed E-state index contributed by atoms with van der Waals surface area (Å²) in [6.45, 7) is 2.30. The topological polar surface area (TPSA) is 0 Å². The lowest BCUT2D eigenvalue weighted by Crippen LogP contribution is -1.95. The van der Waals surface area contributed by atoms with Crippen molar-refractivity contribution in [2.75, 3.05) is 5.75 Å². The summed E-state index contributed by atoms with van der Waals surface area (Å²) < 4.78 is 0. The van der Waals surface area contributed by atoms with Crippen LogP contribution in [-0.2, 0) is 0 Å². The van der Waals surface area contributed by atoms with Gasteiger partial charge in [0.1, 0.15) is 0 Å². The second-order valence-corrected chi connectivity index (χ2v) is 8.43. The zero-order valence-electron chi connectivity index (χ0n) is 14.7. The van der Waals surface area contributed by atoms with Crippen LogP contribution in [0.2, 0.25) is 0 Å². The Labute approximate surface area is 139 Å². The number of hydrogen-bond acceptors (Lipinski definition) is 1. The molecule has 21 heavy (non-hydrogen) atoms. The Bertz CT molecular complexity index is 196. The van der Waals surface area contributed by atoms with Gasteiger partial charge in [-0.2, -0.15) is 11.8 Å². The van der Waals surface area contributed by atoms with Gasteiger partial charge in [0.25, 0.3) is 0 Å². The lowest BCUT2D eigenvalue weighted by atomic mass is 10.0. The zero-order chi connectivity index (χ0) is 15.0. The zero-order valence-corrected chi connectivity index (χ0v) is 15.5. The van der Waals surface area contributed by atoms with Crippen molar-refractivity contribution in [2.24, 2.45) is 0 Å². The normalized spacial score (nSPS) is 18.4. The summed E-state index contributed by atoms with van der Waals surface area (Å²) in [5.74, 6) is 1.43. The van der Waals surface area contributed by atoms with Crippen LogP contribution in [0.4, 0.5) is 0 Å². The first-order valence-corrected chi connectivity index (χ1v) is 11.1. The minimum absolute atomic E-state index is 1.03. The molecule has 0 nitrogen and oxygen atoms in total. The summed E-state index contributed by atoms with van der Waals surface area (Å²) in [4.78, 5) is 0. The molecular formula is C20H40S. The maximum Gasteiger partial charge on any atom is 0.00473 e. The molecule has 1 atom stereocenters. The number of rotatable bonds is 15. The molecule has 0 radical (unpaired) electrons. The molecule has 126 valence electrons. The lowest BCUT2D eigenvalue weighted by Gasteiger charge is -2.07. The third-order valence-electron chi connectivity index (χ3n) is 4.90. The van der Waals surface area contributed by atoms with Crippen LogP contribution in [0.5, 0.6) is 0 Å². The monoisotopic (exact) mass is 312 g/mol. The molecule has 0 spiro atoms. The highest BCUT2D eigenvalue weighted by molar-refractivity contribution is 8.00. The molecule has 1 heteroatoms. The van der Waals surface area contributed by atoms with E-state index in [1.54, 1.807) is 0 Å². The third kappa shape index (κ3) is 12.6. The first-order valence-electron chi connectivity index (χ1n) is 10.0. The lowest BCUT2D eigenvalue weighted by molar-refractivity contribution is 0.530. The van der Waals surface area contributed by atoms with Gasteiger partial charge in [-0.1, -0.05) is 96.8 Å². The molecule has 1 fully saturated rings. The van der Waals surface area contributed by atoms with Crippen LogP contribution in [0.25, 0.3) is 0 Å². The van der Waals surface area contributed by atoms with Crippen LogP contribution >= 0.6 is 11.8 Å². The predicted molar refractivity (Wildman–Crippen MR) is 100 cm³/mol. The molecule has 1 heterocycles. The highest BCUT2D eigenvalue weighted by Gasteiger charge is 2.14. The van der Waals surface area contributed by atoms with E-state index >= 15 is 0 Å². The standard InChI is InChI=1S/C20H40S/c1-2-3-4-5-6-7-8-9-10-11-12-13-14-15-17-20-18-16-19-21-20/h20H,2-19H2,1H3. The Morgan fingerprint density at radius 1 is 0.667 bits per heavy atom. The summed E-state index contributed by atoms with van der Waals surface area (Å²) >= 11 is 2.23. The summed E-state index contributed by atoms with van der Waals surface area (Å²) in [5, 5.41) is 1.03. The summed E-state index contributed by atoms with van der Waals surface area (Å²) in [7, 11) is 0. The number of thioether (sulfide) groups is 1. The molecule has 1 rings (SSSR count). The van der Waals surface area contributed by atoms with Crippen LogP contribution in [-0.4, -0.2) is 11.0 Å². The van der Waals surface area contributed by atoms with Gasteiger partial charge in [0.2, 0.25) is 0 Å². The van der Waals surface area contributed by atoms with E-state index < -0.39 is 0 Å². The van der Waals surface area contributed by atoms with E-state index in [-0.39, 0.29) is 0 Å². The predicted octanol–water partition coefficient (Wildman–Crippen LogP) is 7.75. The highest BCUT2D eigenvalue weighted by Crippen LogP contribution is 2.30. The van der Waals surface area contributed by atoms with E-state index in [0.29, 0.717) is 0 Å². The largest absolute Gasteiger partial charge is 0.159 e. The molecule has 0 aliphatic carbocycles. The second kappa shape index (κ2) is 15.3. The Balaban J connectivity index is 1.65. The molecule has 1 aliphatic heterocycles. The molecule has 1 unspecified atom stereocenters. The van der Waals surface area contributed by atoms with E-state index in [1.807, 2.05) is 0 Å².